The molecule has 18 heavy (non-hydrogen) atoms. The monoisotopic (exact) mass is 244 g/mol. The summed E-state index contributed by atoms with van der Waals surface area (Å²) >= 11 is 0. The van der Waals surface area contributed by atoms with Gasteiger partial charge in [0.1, 0.15) is 0 Å². The van der Waals surface area contributed by atoms with E-state index in [1.165, 1.54) is 6.92 Å². The third kappa shape index (κ3) is 2.45. The summed E-state index contributed by atoms with van der Waals surface area (Å²) in [6, 6.07) is 5.14. The van der Waals surface area contributed by atoms with Crippen LogP contribution in [0.4, 0.5) is 5.69 Å². The van der Waals surface area contributed by atoms with E-state index < -0.39 is 11.7 Å². The number of nitrogens with one attached hydrogen (secondary N) is 2. The molecule has 1 heterocycles. The summed E-state index contributed by atoms with van der Waals surface area (Å²) in [5.74, 6) is -1.20. The number of anilines is 1. The van der Waals surface area contributed by atoms with Crippen LogP contribution in [-0.4, -0.2) is 24.1 Å². The molecule has 2 amide bonds. The molecule has 0 saturated carbocycles. The Hall–Kier alpha value is -2.43. The Balaban J connectivity index is 2.11. The number of hydrogen-bond acceptors (Lipinski definition) is 3. The van der Waals surface area contributed by atoms with Gasteiger partial charge in [-0.05, 0) is 17.7 Å². The lowest BCUT2D eigenvalue weighted by atomic mass is 10.1. The molecule has 0 aromatic heterocycles. The zero-order chi connectivity index (χ0) is 13.1. The Kier molecular flexibility index (Phi) is 3.23. The second-order valence-corrected chi connectivity index (χ2v) is 3.93. The van der Waals surface area contributed by atoms with Gasteiger partial charge < -0.3 is 10.6 Å². The van der Waals surface area contributed by atoms with Crippen LogP contribution in [0.3, 0.4) is 0 Å². The zero-order valence-electron chi connectivity index (χ0n) is 9.82. The number of fused-ring (bicyclic) bond motifs is 1. The van der Waals surface area contributed by atoms with E-state index in [1.807, 2.05) is 0 Å². The fourth-order valence-electron chi connectivity index (χ4n) is 1.66. The van der Waals surface area contributed by atoms with Crippen molar-refractivity contribution >= 4 is 29.4 Å². The van der Waals surface area contributed by atoms with Gasteiger partial charge in [0, 0.05) is 13.5 Å². The second kappa shape index (κ2) is 4.83. The van der Waals surface area contributed by atoms with Gasteiger partial charge in [-0.1, -0.05) is 18.2 Å². The molecule has 1 aromatic carbocycles. The summed E-state index contributed by atoms with van der Waals surface area (Å²) in [7, 11) is 0. The molecule has 2 N–H and O–H groups in total. The number of ketones is 1. The average Bonchev–Trinajstić information content (AvgIpc) is 2.61. The smallest absolute Gasteiger partial charge is 0.296 e. The summed E-state index contributed by atoms with van der Waals surface area (Å²) in [6.07, 6.45) is 3.56. The number of rotatable bonds is 3. The average molecular weight is 244 g/mol. The van der Waals surface area contributed by atoms with E-state index >= 15 is 0 Å². The van der Waals surface area contributed by atoms with Crippen molar-refractivity contribution in [2.75, 3.05) is 11.9 Å². The Labute approximate surface area is 104 Å². The Morgan fingerprint density at radius 3 is 2.89 bits per heavy atom. The predicted octanol–water partition coefficient (Wildman–Crippen LogP) is 0.971. The van der Waals surface area contributed by atoms with Gasteiger partial charge in [-0.3, -0.25) is 14.4 Å². The minimum atomic E-state index is -0.593. The summed E-state index contributed by atoms with van der Waals surface area (Å²) < 4.78 is 0. The van der Waals surface area contributed by atoms with Crippen LogP contribution in [0.15, 0.2) is 24.3 Å². The van der Waals surface area contributed by atoms with E-state index in [1.54, 1.807) is 30.4 Å². The van der Waals surface area contributed by atoms with Crippen LogP contribution in [0.25, 0.3) is 6.08 Å². The Morgan fingerprint density at radius 2 is 2.17 bits per heavy atom. The lowest BCUT2D eigenvalue weighted by molar-refractivity contribution is -0.118. The van der Waals surface area contributed by atoms with Gasteiger partial charge >= 0.3 is 0 Å². The van der Waals surface area contributed by atoms with Gasteiger partial charge in [0.25, 0.3) is 11.7 Å². The third-order valence-corrected chi connectivity index (χ3v) is 2.52. The van der Waals surface area contributed by atoms with Crippen LogP contribution in [0.1, 0.15) is 22.8 Å². The van der Waals surface area contributed by atoms with Crippen molar-refractivity contribution in [1.82, 2.24) is 5.32 Å². The quantitative estimate of drug-likeness (QED) is 0.778. The lowest BCUT2D eigenvalue weighted by Crippen LogP contribution is -2.19. The maximum absolute atomic E-state index is 11.5. The first-order valence-electron chi connectivity index (χ1n) is 5.48. The van der Waals surface area contributed by atoms with E-state index in [-0.39, 0.29) is 5.91 Å². The fourth-order valence-corrected chi connectivity index (χ4v) is 1.66. The first-order valence-corrected chi connectivity index (χ1v) is 5.48. The Bertz CT molecular complexity index is 561. The normalized spacial score (nSPS) is 13.6. The van der Waals surface area contributed by atoms with E-state index in [4.69, 9.17) is 0 Å². The molecular weight excluding hydrogens is 232 g/mol. The highest BCUT2D eigenvalue weighted by molar-refractivity contribution is 6.51. The summed E-state index contributed by atoms with van der Waals surface area (Å²) in [5.41, 5.74) is 1.75. The van der Waals surface area contributed by atoms with Crippen molar-refractivity contribution in [3.63, 3.8) is 0 Å². The summed E-state index contributed by atoms with van der Waals surface area (Å²) in [5, 5.41) is 5.11. The molecule has 2 rings (SSSR count). The van der Waals surface area contributed by atoms with Gasteiger partial charge in [0.15, 0.2) is 0 Å². The van der Waals surface area contributed by atoms with Crippen molar-refractivity contribution in [3.05, 3.63) is 35.4 Å². The van der Waals surface area contributed by atoms with Gasteiger partial charge in [0.2, 0.25) is 5.91 Å². The highest BCUT2D eigenvalue weighted by Gasteiger charge is 2.27. The SMILES string of the molecule is CC(=O)NCC=Cc1ccc2c(c1)C(=O)C(=O)N2. The second-order valence-electron chi connectivity index (χ2n) is 3.93. The fraction of sp³-hybridized carbons (Fsp3) is 0.154. The predicted molar refractivity (Wildman–Crippen MR) is 67.1 cm³/mol. The highest BCUT2D eigenvalue weighted by Crippen LogP contribution is 2.24. The van der Waals surface area contributed by atoms with Gasteiger partial charge in [-0.2, -0.15) is 0 Å². The molecule has 1 aliphatic rings. The maximum Gasteiger partial charge on any atom is 0.296 e. The molecule has 92 valence electrons. The van der Waals surface area contributed by atoms with E-state index in [2.05, 4.69) is 10.6 Å². The molecule has 0 fully saturated rings. The van der Waals surface area contributed by atoms with E-state index in [0.29, 0.717) is 17.8 Å². The molecule has 0 aliphatic carbocycles. The van der Waals surface area contributed by atoms with Crippen LogP contribution >= 0.6 is 0 Å². The molecule has 5 heteroatoms. The molecule has 1 aliphatic heterocycles. The third-order valence-electron chi connectivity index (χ3n) is 2.52. The number of benzene rings is 1. The number of hydrogen-bond donors (Lipinski definition) is 2. The minimum absolute atomic E-state index is 0.0985. The number of carbonyl (C=O) groups excluding carboxylic acids is 3. The molecule has 0 unspecified atom stereocenters. The first-order chi connectivity index (χ1) is 8.58. The maximum atomic E-state index is 11.5. The topological polar surface area (TPSA) is 75.3 Å². The first kappa shape index (κ1) is 12.0. The van der Waals surface area contributed by atoms with Crippen molar-refractivity contribution in [3.8, 4) is 0 Å². The van der Waals surface area contributed by atoms with Crippen molar-refractivity contribution in [2.24, 2.45) is 0 Å². The van der Waals surface area contributed by atoms with E-state index in [0.717, 1.165) is 5.56 Å². The molecule has 0 saturated heterocycles. The molecule has 5 nitrogen and oxygen atoms in total. The number of Topliss-reactive ketones (excluding diaryl/α,β-unsaturated/α-hetero) is 1. The van der Waals surface area contributed by atoms with Gasteiger partial charge in [-0.25, -0.2) is 0 Å². The standard InChI is InChI=1S/C13H12N2O3/c1-8(16)14-6-2-3-9-4-5-11-10(7-9)12(17)13(18)15-11/h2-5,7H,6H2,1H3,(H,14,16)(H,15,17,18). The molecule has 0 radical (unpaired) electrons. The largest absolute Gasteiger partial charge is 0.353 e. The summed E-state index contributed by atoms with van der Waals surface area (Å²) in [6.45, 7) is 1.87. The molecule has 0 spiro atoms. The van der Waals surface area contributed by atoms with Crippen molar-refractivity contribution in [2.45, 2.75) is 6.92 Å². The van der Waals surface area contributed by atoms with Crippen molar-refractivity contribution < 1.29 is 14.4 Å². The summed E-state index contributed by atoms with van der Waals surface area (Å²) in [4.78, 5) is 33.3. The van der Waals surface area contributed by atoms with Crippen LogP contribution in [-0.2, 0) is 9.59 Å². The molecule has 0 atom stereocenters. The van der Waals surface area contributed by atoms with Crippen LogP contribution in [0, 0.1) is 0 Å². The Morgan fingerprint density at radius 1 is 1.39 bits per heavy atom. The zero-order valence-corrected chi connectivity index (χ0v) is 9.82. The van der Waals surface area contributed by atoms with E-state index in [9.17, 15) is 14.4 Å². The van der Waals surface area contributed by atoms with Crippen LogP contribution in [0.2, 0.25) is 0 Å². The lowest BCUT2D eigenvalue weighted by Gasteiger charge is -1.99. The molecule has 0 bridgehead atoms. The molecule has 1 aromatic rings. The number of carbonyl (C=O) groups is 3. The van der Waals surface area contributed by atoms with Crippen molar-refractivity contribution in [1.29, 1.82) is 0 Å². The minimum Gasteiger partial charge on any atom is -0.353 e. The highest BCUT2D eigenvalue weighted by atomic mass is 16.2. The van der Waals surface area contributed by atoms with Crippen LogP contribution < -0.4 is 10.6 Å². The van der Waals surface area contributed by atoms with Crippen LogP contribution in [0.5, 0.6) is 0 Å². The van der Waals surface area contributed by atoms with Gasteiger partial charge in [-0.15, -0.1) is 0 Å². The number of amides is 2. The van der Waals surface area contributed by atoms with Gasteiger partial charge in [0.05, 0.1) is 11.3 Å². The molecular formula is C13H12N2O3.